The van der Waals surface area contributed by atoms with Crippen LogP contribution in [0.25, 0.3) is 22.0 Å². The number of nitrogens with zero attached hydrogens (tertiary/aromatic N) is 2. The van der Waals surface area contributed by atoms with Gasteiger partial charge in [0.25, 0.3) is 0 Å². The second-order valence-corrected chi connectivity index (χ2v) is 9.25. The Morgan fingerprint density at radius 2 is 2.00 bits per heavy atom. The largest absolute Gasteiger partial charge is 0.361 e. The molecule has 0 bridgehead atoms. The molecule has 1 fully saturated rings. The standard InChI is InChI=1S/C21H26N4O3S/c1-4-22-17-8-5-9-18(17)25-29(26,27)20-12-15(21-13(2)24-28-14(21)3)11-19-16(20)7-6-10-23-19/h6-7,10-12,17-18,22,25H,4-5,8-9H2,1-3H3/t17?,18-/m1/s1. The van der Waals surface area contributed by atoms with E-state index in [1.54, 1.807) is 24.4 Å². The number of sulfonamides is 1. The minimum absolute atomic E-state index is 0.116. The van der Waals surface area contributed by atoms with E-state index in [2.05, 4.69) is 20.2 Å². The van der Waals surface area contributed by atoms with E-state index in [0.29, 0.717) is 16.7 Å². The summed E-state index contributed by atoms with van der Waals surface area (Å²) < 4.78 is 35.1. The maximum atomic E-state index is 13.4. The van der Waals surface area contributed by atoms with Gasteiger partial charge in [-0.2, -0.15) is 0 Å². The molecule has 1 aliphatic rings. The van der Waals surface area contributed by atoms with Crippen molar-refractivity contribution in [2.24, 2.45) is 0 Å². The summed E-state index contributed by atoms with van der Waals surface area (Å²) in [6.45, 7) is 6.53. The first-order valence-electron chi connectivity index (χ1n) is 9.98. The van der Waals surface area contributed by atoms with E-state index in [1.165, 1.54) is 0 Å². The van der Waals surface area contributed by atoms with Crippen molar-refractivity contribution in [3.63, 3.8) is 0 Å². The molecule has 0 aliphatic heterocycles. The van der Waals surface area contributed by atoms with Crippen molar-refractivity contribution in [1.29, 1.82) is 0 Å². The maximum absolute atomic E-state index is 13.4. The second kappa shape index (κ2) is 7.85. The van der Waals surface area contributed by atoms with Gasteiger partial charge in [0.05, 0.1) is 16.1 Å². The summed E-state index contributed by atoms with van der Waals surface area (Å²) in [5.41, 5.74) is 2.89. The highest BCUT2D eigenvalue weighted by Gasteiger charge is 2.32. The Morgan fingerprint density at radius 1 is 1.21 bits per heavy atom. The van der Waals surface area contributed by atoms with Crippen LogP contribution in [0.5, 0.6) is 0 Å². The molecular weight excluding hydrogens is 388 g/mol. The van der Waals surface area contributed by atoms with Gasteiger partial charge in [0.15, 0.2) is 0 Å². The van der Waals surface area contributed by atoms with Crippen LogP contribution in [0.3, 0.4) is 0 Å². The molecule has 2 heterocycles. The molecule has 0 amide bonds. The highest BCUT2D eigenvalue weighted by atomic mass is 32.2. The van der Waals surface area contributed by atoms with E-state index in [-0.39, 0.29) is 17.0 Å². The lowest BCUT2D eigenvalue weighted by atomic mass is 10.0. The Hall–Kier alpha value is -2.29. The molecule has 0 saturated heterocycles. The number of rotatable bonds is 6. The van der Waals surface area contributed by atoms with E-state index in [0.717, 1.165) is 42.6 Å². The van der Waals surface area contributed by atoms with Crippen molar-refractivity contribution >= 4 is 20.9 Å². The van der Waals surface area contributed by atoms with Gasteiger partial charge >= 0.3 is 0 Å². The van der Waals surface area contributed by atoms with Gasteiger partial charge in [-0.25, -0.2) is 13.1 Å². The molecule has 29 heavy (non-hydrogen) atoms. The van der Waals surface area contributed by atoms with Crippen LogP contribution in [-0.2, 0) is 10.0 Å². The second-order valence-electron chi connectivity index (χ2n) is 7.57. The summed E-state index contributed by atoms with van der Waals surface area (Å²) in [5.74, 6) is 0.650. The third-order valence-electron chi connectivity index (χ3n) is 5.58. The van der Waals surface area contributed by atoms with Gasteiger partial charge in [-0.05, 0) is 63.1 Å². The van der Waals surface area contributed by atoms with Crippen LogP contribution in [0.15, 0.2) is 39.9 Å². The Bertz CT molecular complexity index is 1120. The Labute approximate surface area is 170 Å². The van der Waals surface area contributed by atoms with Gasteiger partial charge in [-0.1, -0.05) is 18.5 Å². The van der Waals surface area contributed by atoms with Gasteiger partial charge < -0.3 is 9.84 Å². The van der Waals surface area contributed by atoms with Gasteiger partial charge in [0.2, 0.25) is 10.0 Å². The number of aromatic nitrogens is 2. The van der Waals surface area contributed by atoms with Crippen molar-refractivity contribution in [3.05, 3.63) is 41.9 Å². The number of aryl methyl sites for hydroxylation is 2. The predicted molar refractivity (Wildman–Crippen MR) is 112 cm³/mol. The molecule has 1 unspecified atom stereocenters. The highest BCUT2D eigenvalue weighted by molar-refractivity contribution is 7.89. The zero-order valence-corrected chi connectivity index (χ0v) is 17.7. The molecule has 2 aromatic heterocycles. The number of fused-ring (bicyclic) bond motifs is 1. The van der Waals surface area contributed by atoms with Crippen molar-refractivity contribution < 1.29 is 12.9 Å². The normalized spacial score (nSPS) is 19.8. The number of likely N-dealkylation sites (N-methyl/N-ethyl adjacent to an activating group) is 1. The van der Waals surface area contributed by atoms with Crippen molar-refractivity contribution in [1.82, 2.24) is 20.2 Å². The summed E-state index contributed by atoms with van der Waals surface area (Å²) in [7, 11) is -3.74. The molecule has 2 atom stereocenters. The smallest absolute Gasteiger partial charge is 0.241 e. The molecule has 1 aromatic carbocycles. The lowest BCUT2D eigenvalue weighted by molar-refractivity contribution is 0.393. The lowest BCUT2D eigenvalue weighted by Gasteiger charge is -2.22. The van der Waals surface area contributed by atoms with E-state index >= 15 is 0 Å². The molecule has 7 nitrogen and oxygen atoms in total. The first-order valence-corrected chi connectivity index (χ1v) is 11.5. The molecule has 2 N–H and O–H groups in total. The third kappa shape index (κ3) is 3.80. The lowest BCUT2D eigenvalue weighted by Crippen LogP contribution is -2.46. The minimum atomic E-state index is -3.74. The highest BCUT2D eigenvalue weighted by Crippen LogP contribution is 2.33. The third-order valence-corrected chi connectivity index (χ3v) is 7.11. The molecule has 4 rings (SSSR count). The molecule has 1 aliphatic carbocycles. The minimum Gasteiger partial charge on any atom is -0.361 e. The van der Waals surface area contributed by atoms with Gasteiger partial charge in [-0.3, -0.25) is 4.98 Å². The first-order chi connectivity index (χ1) is 13.9. The Morgan fingerprint density at radius 3 is 2.72 bits per heavy atom. The van der Waals surface area contributed by atoms with Crippen LogP contribution in [-0.4, -0.2) is 37.2 Å². The molecule has 0 radical (unpaired) electrons. The summed E-state index contributed by atoms with van der Waals surface area (Å²) in [6.07, 6.45) is 4.48. The fraction of sp³-hybridized carbons (Fsp3) is 0.429. The zero-order valence-electron chi connectivity index (χ0n) is 16.9. The molecule has 1 saturated carbocycles. The van der Waals surface area contributed by atoms with Gasteiger partial charge in [-0.15, -0.1) is 0 Å². The molecule has 3 aromatic rings. The average molecular weight is 415 g/mol. The fourth-order valence-corrected chi connectivity index (χ4v) is 5.83. The number of hydrogen-bond acceptors (Lipinski definition) is 6. The number of pyridine rings is 1. The molecule has 154 valence electrons. The quantitative estimate of drug-likeness (QED) is 0.642. The maximum Gasteiger partial charge on any atom is 0.241 e. The number of hydrogen-bond donors (Lipinski definition) is 2. The first kappa shape index (κ1) is 20.0. The van der Waals surface area contributed by atoms with Crippen molar-refractivity contribution in [2.45, 2.75) is 57.0 Å². The Balaban J connectivity index is 1.82. The Kier molecular flexibility index (Phi) is 5.42. The van der Waals surface area contributed by atoms with E-state index in [4.69, 9.17) is 4.52 Å². The number of benzene rings is 1. The summed E-state index contributed by atoms with van der Waals surface area (Å²) in [4.78, 5) is 4.64. The van der Waals surface area contributed by atoms with Crippen LogP contribution < -0.4 is 10.0 Å². The number of nitrogens with one attached hydrogen (secondary N) is 2. The summed E-state index contributed by atoms with van der Waals surface area (Å²) >= 11 is 0. The van der Waals surface area contributed by atoms with E-state index in [9.17, 15) is 8.42 Å². The predicted octanol–water partition coefficient (Wildman–Crippen LogP) is 3.32. The van der Waals surface area contributed by atoms with Crippen LogP contribution in [0, 0.1) is 13.8 Å². The zero-order chi connectivity index (χ0) is 20.6. The van der Waals surface area contributed by atoms with Gasteiger partial charge in [0, 0.05) is 29.2 Å². The van der Waals surface area contributed by atoms with E-state index < -0.39 is 10.0 Å². The van der Waals surface area contributed by atoms with E-state index in [1.807, 2.05) is 26.8 Å². The fourth-order valence-electron chi connectivity index (χ4n) is 4.28. The topological polar surface area (TPSA) is 97.1 Å². The molecule has 8 heteroatoms. The van der Waals surface area contributed by atoms with Crippen LogP contribution in [0.4, 0.5) is 0 Å². The van der Waals surface area contributed by atoms with Gasteiger partial charge in [0.1, 0.15) is 5.76 Å². The van der Waals surface area contributed by atoms with Crippen LogP contribution in [0.1, 0.15) is 37.6 Å². The molecular formula is C21H26N4O3S. The summed E-state index contributed by atoms with van der Waals surface area (Å²) in [5, 5.41) is 8.01. The monoisotopic (exact) mass is 414 g/mol. The molecule has 0 spiro atoms. The van der Waals surface area contributed by atoms with Crippen LogP contribution in [0.2, 0.25) is 0 Å². The average Bonchev–Trinajstić information content (AvgIpc) is 3.26. The SMILES string of the molecule is CCNC1CCC[C@H]1NS(=O)(=O)c1cc(-c2c(C)noc2C)cc2ncccc12. The summed E-state index contributed by atoms with van der Waals surface area (Å²) in [6, 6.07) is 7.19. The van der Waals surface area contributed by atoms with Crippen LogP contribution >= 0.6 is 0 Å². The van der Waals surface area contributed by atoms with Crippen molar-refractivity contribution in [3.8, 4) is 11.1 Å². The van der Waals surface area contributed by atoms with Crippen molar-refractivity contribution in [2.75, 3.05) is 6.54 Å².